The normalized spacial score (nSPS) is 10.7. The van der Waals surface area contributed by atoms with E-state index >= 15 is 0 Å². The Kier molecular flexibility index (Phi) is 3.62. The van der Waals surface area contributed by atoms with Gasteiger partial charge in [-0.3, -0.25) is 4.68 Å². The molecule has 0 bridgehead atoms. The third kappa shape index (κ3) is 2.36. The van der Waals surface area contributed by atoms with Crippen LogP contribution < -0.4 is 4.90 Å². The van der Waals surface area contributed by atoms with Gasteiger partial charge in [0.05, 0.1) is 0 Å². The van der Waals surface area contributed by atoms with Gasteiger partial charge in [-0.2, -0.15) is 5.10 Å². The van der Waals surface area contributed by atoms with Crippen LogP contribution in [0, 0.1) is 0 Å². The summed E-state index contributed by atoms with van der Waals surface area (Å²) in [7, 11) is 7.56. The number of ether oxygens (including phenoxy) is 1. The van der Waals surface area contributed by atoms with Crippen molar-refractivity contribution >= 4 is 5.69 Å². The number of para-hydroxylation sites is 1. The molecule has 5 heteroatoms. The zero-order valence-corrected chi connectivity index (χ0v) is 11.2. The van der Waals surface area contributed by atoms with Gasteiger partial charge in [-0.25, -0.2) is 4.98 Å². The molecule has 0 aliphatic carbocycles. The van der Waals surface area contributed by atoms with E-state index < -0.39 is 0 Å². The zero-order chi connectivity index (χ0) is 13.1. The molecular formula is C13H18N4O. The highest BCUT2D eigenvalue weighted by molar-refractivity contribution is 5.73. The molecule has 0 aliphatic heterocycles. The molecule has 0 fully saturated rings. The van der Waals surface area contributed by atoms with E-state index in [9.17, 15) is 0 Å². The maximum Gasteiger partial charge on any atom is 0.183 e. The van der Waals surface area contributed by atoms with Gasteiger partial charge >= 0.3 is 0 Å². The van der Waals surface area contributed by atoms with Crippen molar-refractivity contribution in [1.29, 1.82) is 0 Å². The van der Waals surface area contributed by atoms with Crippen molar-refractivity contribution in [2.75, 3.05) is 26.1 Å². The van der Waals surface area contributed by atoms with Crippen LogP contribution in [-0.2, 0) is 18.4 Å². The lowest BCUT2D eigenvalue weighted by molar-refractivity contribution is 0.174. The molecule has 2 aromatic rings. The first-order chi connectivity index (χ1) is 8.63. The summed E-state index contributed by atoms with van der Waals surface area (Å²) >= 11 is 0. The number of hydrogen-bond acceptors (Lipinski definition) is 4. The molecule has 18 heavy (non-hydrogen) atoms. The number of aryl methyl sites for hydroxylation is 1. The monoisotopic (exact) mass is 246 g/mol. The Labute approximate surface area is 107 Å². The minimum absolute atomic E-state index is 0.466. The van der Waals surface area contributed by atoms with Crippen LogP contribution >= 0.6 is 0 Å². The van der Waals surface area contributed by atoms with Gasteiger partial charge in [0, 0.05) is 39.5 Å². The van der Waals surface area contributed by atoms with E-state index in [4.69, 9.17) is 4.74 Å². The predicted octanol–water partition coefficient (Wildman–Crippen LogP) is 1.69. The highest BCUT2D eigenvalue weighted by Gasteiger charge is 2.13. The predicted molar refractivity (Wildman–Crippen MR) is 71.5 cm³/mol. The summed E-state index contributed by atoms with van der Waals surface area (Å²) in [5.41, 5.74) is 2.13. The highest BCUT2D eigenvalue weighted by Crippen LogP contribution is 2.27. The average Bonchev–Trinajstić information content (AvgIpc) is 2.71. The number of methoxy groups -OCH3 is 1. The molecule has 0 radical (unpaired) electrons. The van der Waals surface area contributed by atoms with Crippen molar-refractivity contribution < 1.29 is 4.74 Å². The van der Waals surface area contributed by atoms with Crippen LogP contribution in [0.1, 0.15) is 5.82 Å². The van der Waals surface area contributed by atoms with Crippen molar-refractivity contribution in [3.05, 3.63) is 30.1 Å². The summed E-state index contributed by atoms with van der Waals surface area (Å²) in [5, 5.41) is 4.44. The maximum absolute atomic E-state index is 5.10. The number of nitrogens with zero attached hydrogens (tertiary/aromatic N) is 4. The molecule has 0 N–H and O–H groups in total. The number of rotatable bonds is 4. The van der Waals surface area contributed by atoms with Crippen molar-refractivity contribution in [2.45, 2.75) is 6.61 Å². The second-order valence-corrected chi connectivity index (χ2v) is 4.32. The minimum Gasteiger partial charge on any atom is -0.377 e. The fourth-order valence-corrected chi connectivity index (χ4v) is 1.84. The number of hydrogen-bond donors (Lipinski definition) is 0. The molecule has 0 unspecified atom stereocenters. The highest BCUT2D eigenvalue weighted by atomic mass is 16.5. The van der Waals surface area contributed by atoms with Crippen LogP contribution in [0.4, 0.5) is 5.69 Å². The summed E-state index contributed by atoms with van der Waals surface area (Å²) < 4.78 is 6.86. The lowest BCUT2D eigenvalue weighted by Gasteiger charge is -2.15. The van der Waals surface area contributed by atoms with Crippen LogP contribution in [0.3, 0.4) is 0 Å². The molecule has 2 rings (SSSR count). The third-order valence-corrected chi connectivity index (χ3v) is 2.75. The maximum atomic E-state index is 5.10. The lowest BCUT2D eigenvalue weighted by atomic mass is 10.1. The molecule has 0 saturated heterocycles. The van der Waals surface area contributed by atoms with Gasteiger partial charge < -0.3 is 9.64 Å². The van der Waals surface area contributed by atoms with Crippen LogP contribution in [-0.4, -0.2) is 36.0 Å². The van der Waals surface area contributed by atoms with Crippen molar-refractivity contribution in [1.82, 2.24) is 14.8 Å². The fraction of sp³-hybridized carbons (Fsp3) is 0.385. The first-order valence-electron chi connectivity index (χ1n) is 5.79. The summed E-state index contributed by atoms with van der Waals surface area (Å²) in [6.45, 7) is 0.466. The summed E-state index contributed by atoms with van der Waals surface area (Å²) in [5.74, 6) is 1.55. The molecule has 96 valence electrons. The SMILES string of the molecule is COCc1nc(-c2ccccc2N(C)C)nn1C. The summed E-state index contributed by atoms with van der Waals surface area (Å²) in [6.07, 6.45) is 0. The van der Waals surface area contributed by atoms with Crippen LogP contribution in [0.2, 0.25) is 0 Å². The van der Waals surface area contributed by atoms with Crippen LogP contribution in [0.5, 0.6) is 0 Å². The van der Waals surface area contributed by atoms with Gasteiger partial charge in [-0.1, -0.05) is 12.1 Å². The van der Waals surface area contributed by atoms with Gasteiger partial charge in [0.25, 0.3) is 0 Å². The van der Waals surface area contributed by atoms with E-state index in [0.29, 0.717) is 6.61 Å². The molecule has 5 nitrogen and oxygen atoms in total. The minimum atomic E-state index is 0.466. The molecule has 0 aliphatic rings. The molecule has 1 heterocycles. The van der Waals surface area contributed by atoms with Crippen molar-refractivity contribution in [3.8, 4) is 11.4 Å². The Bertz CT molecular complexity index is 534. The van der Waals surface area contributed by atoms with E-state index in [1.807, 2.05) is 39.3 Å². The lowest BCUT2D eigenvalue weighted by Crippen LogP contribution is -2.10. The van der Waals surface area contributed by atoms with E-state index in [2.05, 4.69) is 21.0 Å². The van der Waals surface area contributed by atoms with E-state index in [1.165, 1.54) is 0 Å². The number of benzene rings is 1. The number of anilines is 1. The Hall–Kier alpha value is -1.88. The van der Waals surface area contributed by atoms with Gasteiger partial charge in [0.1, 0.15) is 6.61 Å². The Morgan fingerprint density at radius 3 is 2.67 bits per heavy atom. The second kappa shape index (κ2) is 5.18. The summed E-state index contributed by atoms with van der Waals surface area (Å²) in [6, 6.07) is 8.09. The Morgan fingerprint density at radius 2 is 2.00 bits per heavy atom. The largest absolute Gasteiger partial charge is 0.377 e. The zero-order valence-electron chi connectivity index (χ0n) is 11.2. The molecule has 0 saturated carbocycles. The van der Waals surface area contributed by atoms with Crippen molar-refractivity contribution in [2.24, 2.45) is 7.05 Å². The molecule has 0 atom stereocenters. The van der Waals surface area contributed by atoms with E-state index in [1.54, 1.807) is 11.8 Å². The van der Waals surface area contributed by atoms with Gasteiger partial charge in [-0.05, 0) is 12.1 Å². The molecule has 0 spiro atoms. The fourth-order valence-electron chi connectivity index (χ4n) is 1.84. The van der Waals surface area contributed by atoms with Gasteiger partial charge in [0.2, 0.25) is 0 Å². The van der Waals surface area contributed by atoms with Crippen LogP contribution in [0.15, 0.2) is 24.3 Å². The topological polar surface area (TPSA) is 43.2 Å². The second-order valence-electron chi connectivity index (χ2n) is 4.32. The van der Waals surface area contributed by atoms with E-state index in [-0.39, 0.29) is 0 Å². The standard InChI is InChI=1S/C13H18N4O/c1-16(2)11-8-6-5-7-10(11)13-14-12(9-18-4)17(3)15-13/h5-8H,9H2,1-4H3. The molecule has 0 amide bonds. The molecule has 1 aromatic heterocycles. The van der Waals surface area contributed by atoms with Gasteiger partial charge in [-0.15, -0.1) is 0 Å². The van der Waals surface area contributed by atoms with Crippen LogP contribution in [0.25, 0.3) is 11.4 Å². The summed E-state index contributed by atoms with van der Waals surface area (Å²) in [4.78, 5) is 6.57. The smallest absolute Gasteiger partial charge is 0.183 e. The Morgan fingerprint density at radius 1 is 1.28 bits per heavy atom. The first-order valence-corrected chi connectivity index (χ1v) is 5.79. The first kappa shape index (κ1) is 12.6. The quantitative estimate of drug-likeness (QED) is 0.823. The van der Waals surface area contributed by atoms with E-state index in [0.717, 1.165) is 22.9 Å². The van der Waals surface area contributed by atoms with Gasteiger partial charge in [0.15, 0.2) is 11.6 Å². The average molecular weight is 246 g/mol. The van der Waals surface area contributed by atoms with Crippen molar-refractivity contribution in [3.63, 3.8) is 0 Å². The molecule has 1 aromatic carbocycles. The Balaban J connectivity index is 2.45. The number of aromatic nitrogens is 3. The third-order valence-electron chi connectivity index (χ3n) is 2.75. The molecular weight excluding hydrogens is 228 g/mol.